The summed E-state index contributed by atoms with van der Waals surface area (Å²) in [5.41, 5.74) is 0.908. The number of hydrogen-bond acceptors (Lipinski definition) is 6. The van der Waals surface area contributed by atoms with E-state index < -0.39 is 0 Å². The lowest BCUT2D eigenvalue weighted by Crippen LogP contribution is -2.69. The summed E-state index contributed by atoms with van der Waals surface area (Å²) in [6.45, 7) is 5.21. The number of aromatic nitrogens is 2. The van der Waals surface area contributed by atoms with Gasteiger partial charge in [0.25, 0.3) is 0 Å². The molecule has 4 fully saturated rings. The Hall–Kier alpha value is -1.83. The first-order chi connectivity index (χ1) is 14.1. The van der Waals surface area contributed by atoms with Crippen molar-refractivity contribution in [2.75, 3.05) is 42.6 Å². The predicted molar refractivity (Wildman–Crippen MR) is 113 cm³/mol. The molecule has 0 N–H and O–H groups in total. The van der Waals surface area contributed by atoms with Crippen molar-refractivity contribution in [2.24, 2.45) is 11.8 Å². The van der Waals surface area contributed by atoms with Gasteiger partial charge in [-0.25, -0.2) is 0 Å². The average molecular weight is 416 g/mol. The highest BCUT2D eigenvalue weighted by atomic mass is 32.2. The van der Waals surface area contributed by atoms with E-state index in [1.165, 1.54) is 0 Å². The summed E-state index contributed by atoms with van der Waals surface area (Å²) in [5.74, 6) is 3.80. The molecule has 0 aliphatic carbocycles. The zero-order valence-electron chi connectivity index (χ0n) is 17.0. The van der Waals surface area contributed by atoms with Crippen LogP contribution in [0.1, 0.15) is 31.4 Å². The van der Waals surface area contributed by atoms with Gasteiger partial charge in [-0.1, -0.05) is 0 Å². The third kappa shape index (κ3) is 3.49. The minimum atomic E-state index is -0.312. The number of thioether (sulfide) groups is 1. The van der Waals surface area contributed by atoms with Gasteiger partial charge in [-0.05, 0) is 44.2 Å². The van der Waals surface area contributed by atoms with Crippen LogP contribution in [0.4, 0.5) is 5.82 Å². The molecule has 4 saturated heterocycles. The summed E-state index contributed by atoms with van der Waals surface area (Å²) >= 11 is 1.91. The number of piperidine rings is 3. The van der Waals surface area contributed by atoms with Crippen LogP contribution in [0, 0.1) is 18.8 Å². The first-order valence-corrected chi connectivity index (χ1v) is 12.0. The highest BCUT2D eigenvalue weighted by molar-refractivity contribution is 7.99. The monoisotopic (exact) mass is 415 g/mol. The van der Waals surface area contributed by atoms with Crippen LogP contribution in [0.5, 0.6) is 0 Å². The zero-order valence-corrected chi connectivity index (χ0v) is 17.8. The number of anilines is 1. The van der Waals surface area contributed by atoms with Crippen LogP contribution in [0.25, 0.3) is 0 Å². The molecule has 5 heterocycles. The maximum atomic E-state index is 13.6. The molecular weight excluding hydrogens is 386 g/mol. The van der Waals surface area contributed by atoms with Gasteiger partial charge in [-0.3, -0.25) is 9.59 Å². The summed E-state index contributed by atoms with van der Waals surface area (Å²) in [7, 11) is 0. The molecule has 8 heteroatoms. The van der Waals surface area contributed by atoms with E-state index >= 15 is 0 Å². The number of carbonyl (C=O) groups is 2. The standard InChI is InChI=1S/C21H29N5O2S/c1-14-5-6-18(23-22-14)25-12-15-11-16(13-25)20(21(28)24-7-9-29-10-8-24)26-17(15)3-2-4-19(26)27/h5-6,15-17,20H,2-4,7-13H2,1H3/t15-,16+,17-,20+/m0/s1. The van der Waals surface area contributed by atoms with E-state index in [2.05, 4.69) is 15.1 Å². The largest absolute Gasteiger partial charge is 0.354 e. The Morgan fingerprint density at radius 1 is 1.14 bits per heavy atom. The van der Waals surface area contributed by atoms with Gasteiger partial charge in [0.05, 0.1) is 5.69 Å². The van der Waals surface area contributed by atoms with Crippen LogP contribution < -0.4 is 4.90 Å². The molecule has 156 valence electrons. The van der Waals surface area contributed by atoms with E-state index in [9.17, 15) is 9.59 Å². The van der Waals surface area contributed by atoms with E-state index in [4.69, 9.17) is 0 Å². The van der Waals surface area contributed by atoms with Crippen LogP contribution in [-0.2, 0) is 9.59 Å². The number of hydrogen-bond donors (Lipinski definition) is 0. The van der Waals surface area contributed by atoms with Crippen molar-refractivity contribution in [1.29, 1.82) is 0 Å². The van der Waals surface area contributed by atoms with Crippen LogP contribution in [-0.4, -0.2) is 81.6 Å². The van der Waals surface area contributed by atoms with E-state index in [1.54, 1.807) is 0 Å². The zero-order chi connectivity index (χ0) is 20.0. The second kappa shape index (κ2) is 7.78. The molecule has 4 aliphatic rings. The highest BCUT2D eigenvalue weighted by Crippen LogP contribution is 2.43. The fraction of sp³-hybridized carbons (Fsp3) is 0.714. The van der Waals surface area contributed by atoms with Crippen LogP contribution >= 0.6 is 11.8 Å². The molecule has 4 aliphatic heterocycles. The van der Waals surface area contributed by atoms with Crippen molar-refractivity contribution in [1.82, 2.24) is 20.0 Å². The molecule has 7 nitrogen and oxygen atoms in total. The number of aryl methyl sites for hydroxylation is 1. The average Bonchev–Trinajstić information content (AvgIpc) is 2.75. The summed E-state index contributed by atoms with van der Waals surface area (Å²) in [5, 5.41) is 8.64. The molecular formula is C21H29N5O2S. The highest BCUT2D eigenvalue weighted by Gasteiger charge is 2.52. The van der Waals surface area contributed by atoms with Crippen LogP contribution in [0.2, 0.25) is 0 Å². The van der Waals surface area contributed by atoms with Crippen molar-refractivity contribution >= 4 is 29.4 Å². The molecule has 0 aromatic carbocycles. The fourth-order valence-corrected chi connectivity index (χ4v) is 6.60. The Morgan fingerprint density at radius 3 is 2.69 bits per heavy atom. The summed E-state index contributed by atoms with van der Waals surface area (Å²) < 4.78 is 0. The second-order valence-electron chi connectivity index (χ2n) is 8.84. The molecule has 0 unspecified atom stereocenters. The van der Waals surface area contributed by atoms with E-state index in [0.717, 1.165) is 68.5 Å². The number of rotatable bonds is 2. The van der Waals surface area contributed by atoms with Gasteiger partial charge in [0.2, 0.25) is 11.8 Å². The van der Waals surface area contributed by atoms with Crippen molar-refractivity contribution in [3.63, 3.8) is 0 Å². The van der Waals surface area contributed by atoms with E-state index in [1.807, 2.05) is 40.6 Å². The van der Waals surface area contributed by atoms with E-state index in [-0.39, 0.29) is 29.8 Å². The van der Waals surface area contributed by atoms with Crippen LogP contribution in [0.3, 0.4) is 0 Å². The smallest absolute Gasteiger partial charge is 0.245 e. The molecule has 29 heavy (non-hydrogen) atoms. The topological polar surface area (TPSA) is 69.6 Å². The van der Waals surface area contributed by atoms with Gasteiger partial charge in [0.15, 0.2) is 5.82 Å². The minimum absolute atomic E-state index is 0.164. The lowest BCUT2D eigenvalue weighted by atomic mass is 9.71. The summed E-state index contributed by atoms with van der Waals surface area (Å²) in [6, 6.07) is 3.90. The first-order valence-electron chi connectivity index (χ1n) is 10.8. The Balaban J connectivity index is 1.46. The van der Waals surface area contributed by atoms with Gasteiger partial charge >= 0.3 is 0 Å². The molecule has 1 aromatic rings. The van der Waals surface area contributed by atoms with Gasteiger partial charge < -0.3 is 14.7 Å². The molecule has 0 spiro atoms. The van der Waals surface area contributed by atoms with Gasteiger partial charge in [-0.15, -0.1) is 5.10 Å². The van der Waals surface area contributed by atoms with Crippen molar-refractivity contribution in [3.05, 3.63) is 17.8 Å². The lowest BCUT2D eigenvalue weighted by Gasteiger charge is -2.56. The molecule has 4 atom stereocenters. The van der Waals surface area contributed by atoms with Crippen molar-refractivity contribution in [3.8, 4) is 0 Å². The maximum Gasteiger partial charge on any atom is 0.245 e. The third-order valence-corrected chi connectivity index (χ3v) is 7.97. The van der Waals surface area contributed by atoms with Gasteiger partial charge in [0, 0.05) is 56.1 Å². The summed E-state index contributed by atoms with van der Waals surface area (Å²) in [4.78, 5) is 32.9. The molecule has 2 amide bonds. The molecule has 0 radical (unpaired) electrons. The number of carbonyl (C=O) groups excluding carboxylic acids is 2. The van der Waals surface area contributed by atoms with Crippen LogP contribution in [0.15, 0.2) is 12.1 Å². The SMILES string of the molecule is Cc1ccc(N2C[C@@H]3C[C@H](C2)[C@H](C(=O)N2CCSCC2)N2C(=O)CCC[C@@H]32)nn1. The number of nitrogens with zero attached hydrogens (tertiary/aromatic N) is 5. The molecule has 5 rings (SSSR count). The molecule has 1 aromatic heterocycles. The van der Waals surface area contributed by atoms with Crippen molar-refractivity contribution in [2.45, 2.75) is 44.7 Å². The van der Waals surface area contributed by atoms with Gasteiger partial charge in [0.1, 0.15) is 6.04 Å². The first kappa shape index (κ1) is 19.2. The Kier molecular flexibility index (Phi) is 5.14. The Morgan fingerprint density at radius 2 is 1.93 bits per heavy atom. The fourth-order valence-electron chi connectivity index (χ4n) is 5.69. The minimum Gasteiger partial charge on any atom is -0.354 e. The summed E-state index contributed by atoms with van der Waals surface area (Å²) in [6.07, 6.45) is 3.56. The van der Waals surface area contributed by atoms with Crippen molar-refractivity contribution < 1.29 is 9.59 Å². The number of fused-ring (bicyclic) bond motifs is 4. The quantitative estimate of drug-likeness (QED) is 0.730. The molecule has 0 saturated carbocycles. The molecule has 2 bridgehead atoms. The van der Waals surface area contributed by atoms with Gasteiger partial charge in [-0.2, -0.15) is 16.9 Å². The Bertz CT molecular complexity index is 782. The van der Waals surface area contributed by atoms with E-state index in [0.29, 0.717) is 12.3 Å². The predicted octanol–water partition coefficient (Wildman–Crippen LogP) is 1.57. The number of amides is 2. The third-order valence-electron chi connectivity index (χ3n) is 7.03. The maximum absolute atomic E-state index is 13.6. The second-order valence-corrected chi connectivity index (χ2v) is 10.1. The normalized spacial score (nSPS) is 32.2. The Labute approximate surface area is 176 Å². The lowest BCUT2D eigenvalue weighted by molar-refractivity contribution is -0.161.